The molecule has 0 saturated carbocycles. The summed E-state index contributed by atoms with van der Waals surface area (Å²) in [6.07, 6.45) is 0. The number of aromatic hydroxyl groups is 1. The predicted octanol–water partition coefficient (Wildman–Crippen LogP) is 2.12. The number of halogens is 3. The molecule has 1 N–H and O–H groups in total. The second-order valence-electron chi connectivity index (χ2n) is 3.08. The Morgan fingerprint density at radius 1 is 1.25 bits per heavy atom. The van der Waals surface area contributed by atoms with Gasteiger partial charge < -0.3 is 14.7 Å². The molecule has 1 aromatic heterocycles. The van der Waals surface area contributed by atoms with Crippen molar-refractivity contribution in [3.05, 3.63) is 17.3 Å². The molecule has 7 heteroatoms. The first-order chi connectivity index (χ1) is 6.77. The van der Waals surface area contributed by atoms with Gasteiger partial charge in [-0.05, 0) is 12.1 Å². The quantitative estimate of drug-likeness (QED) is 0.804. The van der Waals surface area contributed by atoms with E-state index >= 15 is 0 Å². The minimum Gasteiger partial charge on any atom is -0.505 e. The molecule has 0 bridgehead atoms. The lowest BCUT2D eigenvalue weighted by atomic mass is 10.3. The molecular formula is C9H13Cl3N2O2. The normalized spacial score (nSPS) is 14.9. The van der Waals surface area contributed by atoms with Gasteiger partial charge in [-0.15, -0.1) is 24.8 Å². The number of anilines is 1. The summed E-state index contributed by atoms with van der Waals surface area (Å²) in [6.45, 7) is 3.04. The van der Waals surface area contributed by atoms with Gasteiger partial charge in [-0.3, -0.25) is 0 Å². The largest absolute Gasteiger partial charge is 0.505 e. The number of hydrogen-bond donors (Lipinski definition) is 1. The second kappa shape index (κ2) is 7.01. The van der Waals surface area contributed by atoms with Gasteiger partial charge in [0.25, 0.3) is 0 Å². The van der Waals surface area contributed by atoms with Crippen molar-refractivity contribution >= 4 is 42.2 Å². The van der Waals surface area contributed by atoms with Gasteiger partial charge in [0, 0.05) is 13.1 Å². The summed E-state index contributed by atoms with van der Waals surface area (Å²) in [5.41, 5.74) is 0. The number of morpholine rings is 1. The fourth-order valence-corrected chi connectivity index (χ4v) is 1.54. The lowest BCUT2D eigenvalue weighted by Crippen LogP contribution is -2.36. The molecule has 1 fully saturated rings. The van der Waals surface area contributed by atoms with E-state index in [0.29, 0.717) is 13.2 Å². The van der Waals surface area contributed by atoms with Crippen LogP contribution in [0.2, 0.25) is 5.15 Å². The van der Waals surface area contributed by atoms with Gasteiger partial charge in [-0.2, -0.15) is 0 Å². The Balaban J connectivity index is 0.00000112. The summed E-state index contributed by atoms with van der Waals surface area (Å²) in [4.78, 5) is 6.16. The summed E-state index contributed by atoms with van der Waals surface area (Å²) in [6, 6.07) is 3.31. The standard InChI is InChI=1S/C9H11ClN2O2.2ClH/c10-9-7(13)1-2-8(11-9)12-3-5-14-6-4-12;;/h1-2,13H,3-6H2;2*1H. The van der Waals surface area contributed by atoms with Crippen molar-refractivity contribution in [2.75, 3.05) is 31.2 Å². The summed E-state index contributed by atoms with van der Waals surface area (Å²) in [5, 5.41) is 9.35. The highest BCUT2D eigenvalue weighted by Crippen LogP contribution is 2.24. The van der Waals surface area contributed by atoms with Crippen LogP contribution in [0.4, 0.5) is 5.82 Å². The van der Waals surface area contributed by atoms with Gasteiger partial charge in [-0.25, -0.2) is 4.98 Å². The number of rotatable bonds is 1. The van der Waals surface area contributed by atoms with E-state index in [0.717, 1.165) is 18.9 Å². The average molecular weight is 288 g/mol. The van der Waals surface area contributed by atoms with Crippen molar-refractivity contribution in [3.8, 4) is 5.75 Å². The maximum Gasteiger partial charge on any atom is 0.173 e. The third-order valence-corrected chi connectivity index (χ3v) is 2.43. The van der Waals surface area contributed by atoms with Gasteiger partial charge in [0.05, 0.1) is 13.2 Å². The zero-order valence-electron chi connectivity index (χ0n) is 8.43. The summed E-state index contributed by atoms with van der Waals surface area (Å²) in [5.74, 6) is 0.805. The molecule has 0 amide bonds. The lowest BCUT2D eigenvalue weighted by molar-refractivity contribution is 0.122. The summed E-state index contributed by atoms with van der Waals surface area (Å²) < 4.78 is 5.22. The fourth-order valence-electron chi connectivity index (χ4n) is 1.39. The molecule has 1 aliphatic rings. The van der Waals surface area contributed by atoms with Gasteiger partial charge >= 0.3 is 0 Å². The summed E-state index contributed by atoms with van der Waals surface area (Å²) in [7, 11) is 0. The second-order valence-corrected chi connectivity index (χ2v) is 3.44. The molecule has 0 spiro atoms. The van der Waals surface area contributed by atoms with Crippen LogP contribution in [0.25, 0.3) is 0 Å². The number of nitrogens with zero attached hydrogens (tertiary/aromatic N) is 2. The van der Waals surface area contributed by atoms with E-state index in [4.69, 9.17) is 16.3 Å². The molecular weight excluding hydrogens is 274 g/mol. The zero-order chi connectivity index (χ0) is 9.97. The van der Waals surface area contributed by atoms with Crippen LogP contribution >= 0.6 is 36.4 Å². The molecule has 2 rings (SSSR count). The van der Waals surface area contributed by atoms with E-state index in [-0.39, 0.29) is 35.7 Å². The molecule has 0 aromatic carbocycles. The van der Waals surface area contributed by atoms with Crippen molar-refractivity contribution in [3.63, 3.8) is 0 Å². The van der Waals surface area contributed by atoms with Crippen LogP contribution < -0.4 is 4.90 Å². The molecule has 0 unspecified atom stereocenters. The maximum absolute atomic E-state index is 9.20. The summed E-state index contributed by atoms with van der Waals surface area (Å²) >= 11 is 5.71. The smallest absolute Gasteiger partial charge is 0.173 e. The monoisotopic (exact) mass is 286 g/mol. The Morgan fingerprint density at radius 2 is 1.88 bits per heavy atom. The molecule has 1 aromatic rings. The number of ether oxygens (including phenoxy) is 1. The maximum atomic E-state index is 9.20. The van der Waals surface area contributed by atoms with Crippen LogP contribution in [-0.2, 0) is 4.74 Å². The number of pyridine rings is 1. The molecule has 1 aliphatic heterocycles. The van der Waals surface area contributed by atoms with E-state index in [2.05, 4.69) is 9.88 Å². The Labute approximate surface area is 111 Å². The van der Waals surface area contributed by atoms with Gasteiger partial charge in [0.15, 0.2) is 10.9 Å². The van der Waals surface area contributed by atoms with Crippen molar-refractivity contribution < 1.29 is 9.84 Å². The molecule has 16 heavy (non-hydrogen) atoms. The Morgan fingerprint density at radius 3 is 2.44 bits per heavy atom. The van der Waals surface area contributed by atoms with E-state index in [9.17, 15) is 5.11 Å². The lowest BCUT2D eigenvalue weighted by Gasteiger charge is -2.27. The third-order valence-electron chi connectivity index (χ3n) is 2.15. The molecule has 0 aliphatic carbocycles. The van der Waals surface area contributed by atoms with E-state index in [1.54, 1.807) is 12.1 Å². The highest BCUT2D eigenvalue weighted by Gasteiger charge is 2.13. The molecule has 4 nitrogen and oxygen atoms in total. The highest BCUT2D eigenvalue weighted by atomic mass is 35.5. The van der Waals surface area contributed by atoms with Crippen LogP contribution in [0.3, 0.4) is 0 Å². The zero-order valence-corrected chi connectivity index (χ0v) is 10.8. The number of hydrogen-bond acceptors (Lipinski definition) is 4. The molecule has 0 radical (unpaired) electrons. The van der Waals surface area contributed by atoms with Crippen LogP contribution in [0, 0.1) is 0 Å². The molecule has 0 atom stereocenters. The highest BCUT2D eigenvalue weighted by molar-refractivity contribution is 6.30. The topological polar surface area (TPSA) is 45.6 Å². The van der Waals surface area contributed by atoms with Gasteiger partial charge in [0.1, 0.15) is 5.82 Å². The van der Waals surface area contributed by atoms with E-state index < -0.39 is 0 Å². The van der Waals surface area contributed by atoms with Crippen LogP contribution in [0.1, 0.15) is 0 Å². The first-order valence-corrected chi connectivity index (χ1v) is 4.83. The van der Waals surface area contributed by atoms with E-state index in [1.807, 2.05) is 0 Å². The van der Waals surface area contributed by atoms with E-state index in [1.165, 1.54) is 0 Å². The van der Waals surface area contributed by atoms with Gasteiger partial charge in [0.2, 0.25) is 0 Å². The van der Waals surface area contributed by atoms with Crippen LogP contribution in [0.15, 0.2) is 12.1 Å². The van der Waals surface area contributed by atoms with Crippen molar-refractivity contribution in [1.82, 2.24) is 4.98 Å². The SMILES string of the molecule is Cl.Cl.Oc1ccc(N2CCOCC2)nc1Cl. The van der Waals surface area contributed by atoms with Crippen LogP contribution in [-0.4, -0.2) is 36.4 Å². The number of aromatic nitrogens is 1. The first-order valence-electron chi connectivity index (χ1n) is 4.45. The van der Waals surface area contributed by atoms with Crippen molar-refractivity contribution in [2.45, 2.75) is 0 Å². The van der Waals surface area contributed by atoms with Crippen molar-refractivity contribution in [2.24, 2.45) is 0 Å². The predicted molar refractivity (Wildman–Crippen MR) is 68.4 cm³/mol. The molecule has 2 heterocycles. The van der Waals surface area contributed by atoms with Crippen molar-refractivity contribution in [1.29, 1.82) is 0 Å². The Kier molecular flexibility index (Phi) is 6.83. The minimum atomic E-state index is 0. The molecule has 92 valence electrons. The Bertz CT molecular complexity index is 333. The molecule has 1 saturated heterocycles. The fraction of sp³-hybridized carbons (Fsp3) is 0.444. The van der Waals surface area contributed by atoms with Crippen LogP contribution in [0.5, 0.6) is 5.75 Å². The van der Waals surface area contributed by atoms with Gasteiger partial charge in [-0.1, -0.05) is 11.6 Å². The third kappa shape index (κ3) is 3.56. The Hall–Kier alpha value is -0.420. The minimum absolute atomic E-state index is 0. The first kappa shape index (κ1) is 15.6. The average Bonchev–Trinajstić information content (AvgIpc) is 2.23.